The fourth-order valence-electron chi connectivity index (χ4n) is 3.15. The summed E-state index contributed by atoms with van der Waals surface area (Å²) in [4.78, 5) is 25.3. The number of ether oxygens (including phenoxy) is 2. The number of rotatable bonds is 8. The summed E-state index contributed by atoms with van der Waals surface area (Å²) in [5.74, 6) is 0.917. The molecule has 0 aliphatic rings. The Bertz CT molecular complexity index is 1210. The van der Waals surface area contributed by atoms with Crippen LogP contribution in [0.1, 0.15) is 10.4 Å². The number of pyridine rings is 1. The van der Waals surface area contributed by atoms with Gasteiger partial charge in [0.15, 0.2) is 0 Å². The van der Waals surface area contributed by atoms with Gasteiger partial charge in [-0.3, -0.25) is 4.79 Å². The van der Waals surface area contributed by atoms with Crippen LogP contribution in [0.5, 0.6) is 5.88 Å². The number of hydrogen-bond acceptors (Lipinski definition) is 7. The Morgan fingerprint density at radius 1 is 0.938 bits per heavy atom. The summed E-state index contributed by atoms with van der Waals surface area (Å²) in [5.41, 5.74) is 4.20. The zero-order valence-electron chi connectivity index (χ0n) is 17.8. The van der Waals surface area contributed by atoms with E-state index in [0.717, 1.165) is 27.7 Å². The molecule has 0 saturated carbocycles. The van der Waals surface area contributed by atoms with Crippen molar-refractivity contribution in [3.8, 4) is 17.0 Å². The lowest BCUT2D eigenvalue weighted by Crippen LogP contribution is -2.26. The van der Waals surface area contributed by atoms with Crippen LogP contribution >= 0.6 is 0 Å². The quantitative estimate of drug-likeness (QED) is 0.411. The molecule has 0 saturated heterocycles. The molecule has 2 N–H and O–H groups in total. The number of aromatic nitrogens is 3. The van der Waals surface area contributed by atoms with Gasteiger partial charge in [0.25, 0.3) is 5.91 Å². The molecule has 0 radical (unpaired) electrons. The highest BCUT2D eigenvalue weighted by molar-refractivity contribution is 5.94. The maximum Gasteiger partial charge on any atom is 0.251 e. The van der Waals surface area contributed by atoms with Crippen LogP contribution in [-0.4, -0.2) is 48.2 Å². The average molecular weight is 429 g/mol. The van der Waals surface area contributed by atoms with Crippen LogP contribution in [0.4, 0.5) is 11.6 Å². The zero-order chi connectivity index (χ0) is 22.3. The number of nitrogens with zero attached hydrogens (tertiary/aromatic N) is 3. The molecule has 0 bridgehead atoms. The third kappa shape index (κ3) is 4.98. The molecule has 4 rings (SSSR count). The van der Waals surface area contributed by atoms with Gasteiger partial charge >= 0.3 is 0 Å². The highest BCUT2D eigenvalue weighted by Gasteiger charge is 2.07. The van der Waals surface area contributed by atoms with Crippen molar-refractivity contribution in [3.05, 3.63) is 72.6 Å². The van der Waals surface area contributed by atoms with Gasteiger partial charge in [-0.1, -0.05) is 6.07 Å². The number of amides is 1. The van der Waals surface area contributed by atoms with Gasteiger partial charge in [-0.25, -0.2) is 15.0 Å². The average Bonchev–Trinajstić information content (AvgIpc) is 2.84. The summed E-state index contributed by atoms with van der Waals surface area (Å²) in [6.07, 6.45) is 3.56. The summed E-state index contributed by atoms with van der Waals surface area (Å²) < 4.78 is 10.0. The van der Waals surface area contributed by atoms with E-state index in [1.54, 1.807) is 38.7 Å². The first-order valence-corrected chi connectivity index (χ1v) is 10.1. The van der Waals surface area contributed by atoms with E-state index in [4.69, 9.17) is 9.47 Å². The van der Waals surface area contributed by atoms with Gasteiger partial charge in [-0.2, -0.15) is 0 Å². The number of methoxy groups -OCH3 is 2. The van der Waals surface area contributed by atoms with Gasteiger partial charge in [-0.05, 0) is 48.0 Å². The van der Waals surface area contributed by atoms with E-state index in [-0.39, 0.29) is 5.91 Å². The summed E-state index contributed by atoms with van der Waals surface area (Å²) >= 11 is 0. The standard InChI is InChI=1S/C24H23N5O3/c1-31-12-11-25-23(30)16-3-7-20(8-4-16)28-24-27-15-19-13-17(5-9-21(19)29-24)18-6-10-22(32-2)26-14-18/h3-10,13-15H,11-12H2,1-2H3,(H,25,30)(H,27,28,29). The van der Waals surface area contributed by atoms with E-state index in [1.807, 2.05) is 42.5 Å². The number of anilines is 2. The van der Waals surface area contributed by atoms with E-state index in [1.165, 1.54) is 0 Å². The van der Waals surface area contributed by atoms with Crippen molar-refractivity contribution in [2.45, 2.75) is 0 Å². The molecule has 32 heavy (non-hydrogen) atoms. The van der Waals surface area contributed by atoms with Crippen molar-refractivity contribution >= 4 is 28.4 Å². The molecule has 0 atom stereocenters. The van der Waals surface area contributed by atoms with Crippen LogP contribution < -0.4 is 15.4 Å². The third-order valence-electron chi connectivity index (χ3n) is 4.85. The fourth-order valence-corrected chi connectivity index (χ4v) is 3.15. The predicted molar refractivity (Wildman–Crippen MR) is 123 cm³/mol. The van der Waals surface area contributed by atoms with Gasteiger partial charge in [0, 0.05) is 54.3 Å². The van der Waals surface area contributed by atoms with Crippen LogP contribution in [0.25, 0.3) is 22.0 Å². The molecule has 8 nitrogen and oxygen atoms in total. The molecule has 4 aromatic rings. The number of fused-ring (bicyclic) bond motifs is 1. The monoisotopic (exact) mass is 429 g/mol. The number of nitrogens with one attached hydrogen (secondary N) is 2. The minimum Gasteiger partial charge on any atom is -0.481 e. The molecule has 0 aliphatic heterocycles. The highest BCUT2D eigenvalue weighted by Crippen LogP contribution is 2.25. The molecule has 0 unspecified atom stereocenters. The van der Waals surface area contributed by atoms with Crippen molar-refractivity contribution in [1.82, 2.24) is 20.3 Å². The Morgan fingerprint density at radius 3 is 2.47 bits per heavy atom. The Balaban J connectivity index is 1.46. The summed E-state index contributed by atoms with van der Waals surface area (Å²) in [7, 11) is 3.19. The Hall–Kier alpha value is -4.04. The molecule has 2 aromatic carbocycles. The van der Waals surface area contributed by atoms with Crippen molar-refractivity contribution in [3.63, 3.8) is 0 Å². The largest absolute Gasteiger partial charge is 0.481 e. The van der Waals surface area contributed by atoms with Crippen molar-refractivity contribution in [2.75, 3.05) is 32.7 Å². The van der Waals surface area contributed by atoms with Gasteiger partial charge in [0.2, 0.25) is 11.8 Å². The lowest BCUT2D eigenvalue weighted by atomic mass is 10.1. The van der Waals surface area contributed by atoms with Crippen LogP contribution in [0, 0.1) is 0 Å². The number of carbonyl (C=O) groups excluding carboxylic acids is 1. The first kappa shape index (κ1) is 21.2. The van der Waals surface area contributed by atoms with E-state index < -0.39 is 0 Å². The first-order valence-electron chi connectivity index (χ1n) is 10.1. The van der Waals surface area contributed by atoms with Crippen molar-refractivity contribution in [2.24, 2.45) is 0 Å². The summed E-state index contributed by atoms with van der Waals surface area (Å²) in [5, 5.41) is 6.89. The van der Waals surface area contributed by atoms with Gasteiger partial charge < -0.3 is 20.1 Å². The van der Waals surface area contributed by atoms with Gasteiger partial charge in [0.1, 0.15) is 0 Å². The van der Waals surface area contributed by atoms with Crippen LogP contribution in [0.2, 0.25) is 0 Å². The van der Waals surface area contributed by atoms with Crippen LogP contribution in [0.15, 0.2) is 67.0 Å². The van der Waals surface area contributed by atoms with Crippen LogP contribution in [-0.2, 0) is 4.74 Å². The molecule has 2 heterocycles. The molecular weight excluding hydrogens is 406 g/mol. The topological polar surface area (TPSA) is 98.3 Å². The molecule has 0 spiro atoms. The minimum atomic E-state index is -0.140. The highest BCUT2D eigenvalue weighted by atomic mass is 16.5. The van der Waals surface area contributed by atoms with Gasteiger partial charge in [-0.15, -0.1) is 0 Å². The van der Waals surface area contributed by atoms with E-state index in [9.17, 15) is 4.79 Å². The first-order chi connectivity index (χ1) is 15.7. The van der Waals surface area contributed by atoms with Crippen molar-refractivity contribution < 1.29 is 14.3 Å². The summed E-state index contributed by atoms with van der Waals surface area (Å²) in [6.45, 7) is 0.945. The Kier molecular flexibility index (Phi) is 6.52. The zero-order valence-corrected chi connectivity index (χ0v) is 17.8. The van der Waals surface area contributed by atoms with Crippen LogP contribution in [0.3, 0.4) is 0 Å². The SMILES string of the molecule is COCCNC(=O)c1ccc(Nc2ncc3cc(-c4ccc(OC)nc4)ccc3n2)cc1. The molecule has 0 aliphatic carbocycles. The van der Waals surface area contributed by atoms with Gasteiger partial charge in [0.05, 0.1) is 19.2 Å². The molecule has 1 amide bonds. The summed E-state index contributed by atoms with van der Waals surface area (Å²) in [6, 6.07) is 16.9. The molecule has 2 aromatic heterocycles. The fraction of sp³-hybridized carbons (Fsp3) is 0.167. The second-order valence-electron chi connectivity index (χ2n) is 7.01. The second-order valence-corrected chi connectivity index (χ2v) is 7.01. The number of benzene rings is 2. The van der Waals surface area contributed by atoms with Crippen molar-refractivity contribution in [1.29, 1.82) is 0 Å². The lowest BCUT2D eigenvalue weighted by molar-refractivity contribution is 0.0937. The molecular formula is C24H23N5O3. The Morgan fingerprint density at radius 2 is 1.75 bits per heavy atom. The third-order valence-corrected chi connectivity index (χ3v) is 4.85. The lowest BCUT2D eigenvalue weighted by Gasteiger charge is -2.08. The minimum absolute atomic E-state index is 0.140. The van der Waals surface area contributed by atoms with E-state index in [0.29, 0.717) is 30.5 Å². The number of hydrogen-bond donors (Lipinski definition) is 2. The molecule has 0 fully saturated rings. The Labute approximate surface area is 185 Å². The molecule has 162 valence electrons. The number of carbonyl (C=O) groups is 1. The van der Waals surface area contributed by atoms with E-state index in [2.05, 4.69) is 25.6 Å². The van der Waals surface area contributed by atoms with E-state index >= 15 is 0 Å². The maximum atomic E-state index is 12.1. The molecule has 8 heteroatoms. The smallest absolute Gasteiger partial charge is 0.251 e. The maximum absolute atomic E-state index is 12.1. The normalized spacial score (nSPS) is 10.7. The predicted octanol–water partition coefficient (Wildman–Crippen LogP) is 3.82. The second kappa shape index (κ2) is 9.84.